The van der Waals surface area contributed by atoms with Crippen molar-refractivity contribution in [2.24, 2.45) is 0 Å². The number of benzene rings is 1. The molecule has 1 aromatic carbocycles. The molecule has 0 spiro atoms. The van der Waals surface area contributed by atoms with E-state index < -0.39 is 0 Å². The van der Waals surface area contributed by atoms with Crippen LogP contribution in [0.3, 0.4) is 0 Å². The van der Waals surface area contributed by atoms with Crippen LogP contribution in [0.1, 0.15) is 22.8 Å². The summed E-state index contributed by atoms with van der Waals surface area (Å²) in [6, 6.07) is 7.56. The SMILES string of the molecule is CCOC(=O)c1cccc(CSC)c1. The van der Waals surface area contributed by atoms with Crippen LogP contribution in [0.4, 0.5) is 0 Å². The van der Waals surface area contributed by atoms with Crippen molar-refractivity contribution in [3.8, 4) is 0 Å². The van der Waals surface area contributed by atoms with Crippen molar-refractivity contribution in [3.05, 3.63) is 35.4 Å². The second kappa shape index (κ2) is 5.70. The second-order valence-corrected chi connectivity index (χ2v) is 3.72. The predicted octanol–water partition coefficient (Wildman–Crippen LogP) is 2.73. The van der Waals surface area contributed by atoms with Crippen LogP contribution in [-0.2, 0) is 10.5 Å². The molecular formula is C11H14O2S. The van der Waals surface area contributed by atoms with Gasteiger partial charge >= 0.3 is 5.97 Å². The Balaban J connectivity index is 2.77. The molecule has 0 fully saturated rings. The first-order valence-corrected chi connectivity index (χ1v) is 5.92. The zero-order valence-electron chi connectivity index (χ0n) is 8.45. The molecule has 0 saturated heterocycles. The fourth-order valence-corrected chi connectivity index (χ4v) is 1.68. The van der Waals surface area contributed by atoms with E-state index in [1.54, 1.807) is 17.8 Å². The van der Waals surface area contributed by atoms with E-state index in [2.05, 4.69) is 0 Å². The smallest absolute Gasteiger partial charge is 0.338 e. The molecule has 76 valence electrons. The van der Waals surface area contributed by atoms with E-state index in [1.165, 1.54) is 0 Å². The maximum atomic E-state index is 11.4. The van der Waals surface area contributed by atoms with Gasteiger partial charge in [0.2, 0.25) is 0 Å². The summed E-state index contributed by atoms with van der Waals surface area (Å²) < 4.78 is 4.92. The molecule has 0 amide bonds. The van der Waals surface area contributed by atoms with Gasteiger partial charge in [-0.2, -0.15) is 11.8 Å². The summed E-state index contributed by atoms with van der Waals surface area (Å²) in [7, 11) is 0. The molecule has 0 radical (unpaired) electrons. The number of carbonyl (C=O) groups excluding carboxylic acids is 1. The molecule has 2 nitrogen and oxygen atoms in total. The van der Waals surface area contributed by atoms with Gasteiger partial charge in [0.05, 0.1) is 12.2 Å². The van der Waals surface area contributed by atoms with Gasteiger partial charge in [0.25, 0.3) is 0 Å². The van der Waals surface area contributed by atoms with Crippen molar-refractivity contribution in [2.45, 2.75) is 12.7 Å². The van der Waals surface area contributed by atoms with Crippen molar-refractivity contribution in [1.29, 1.82) is 0 Å². The number of thioether (sulfide) groups is 1. The summed E-state index contributed by atoms with van der Waals surface area (Å²) in [6.45, 7) is 2.23. The maximum absolute atomic E-state index is 11.4. The molecule has 0 unspecified atom stereocenters. The van der Waals surface area contributed by atoms with E-state index in [4.69, 9.17) is 4.74 Å². The van der Waals surface area contributed by atoms with Crippen LogP contribution in [0.2, 0.25) is 0 Å². The summed E-state index contributed by atoms with van der Waals surface area (Å²) in [4.78, 5) is 11.4. The van der Waals surface area contributed by atoms with Gasteiger partial charge in [-0.25, -0.2) is 4.79 Å². The molecular weight excluding hydrogens is 196 g/mol. The number of esters is 1. The fourth-order valence-electron chi connectivity index (χ4n) is 1.17. The van der Waals surface area contributed by atoms with Gasteiger partial charge < -0.3 is 4.74 Å². The Hall–Kier alpha value is -0.960. The molecule has 0 heterocycles. The minimum Gasteiger partial charge on any atom is -0.462 e. The lowest BCUT2D eigenvalue weighted by Crippen LogP contribution is -2.04. The highest BCUT2D eigenvalue weighted by Gasteiger charge is 2.05. The Bertz CT molecular complexity index is 310. The minimum absolute atomic E-state index is 0.240. The van der Waals surface area contributed by atoms with Crippen molar-refractivity contribution in [1.82, 2.24) is 0 Å². The van der Waals surface area contributed by atoms with Gasteiger partial charge in [0, 0.05) is 5.75 Å². The summed E-state index contributed by atoms with van der Waals surface area (Å²) in [5, 5.41) is 0. The first-order chi connectivity index (χ1) is 6.77. The molecule has 14 heavy (non-hydrogen) atoms. The standard InChI is InChI=1S/C11H14O2S/c1-3-13-11(12)10-6-4-5-9(7-10)8-14-2/h4-7H,3,8H2,1-2H3. The topological polar surface area (TPSA) is 26.3 Å². The van der Waals surface area contributed by atoms with Gasteiger partial charge in [-0.05, 0) is 30.9 Å². The highest BCUT2D eigenvalue weighted by Crippen LogP contribution is 2.12. The lowest BCUT2D eigenvalue weighted by atomic mass is 10.1. The number of hydrogen-bond acceptors (Lipinski definition) is 3. The van der Waals surface area contributed by atoms with Crippen molar-refractivity contribution < 1.29 is 9.53 Å². The lowest BCUT2D eigenvalue weighted by Gasteiger charge is -2.03. The highest BCUT2D eigenvalue weighted by atomic mass is 32.2. The second-order valence-electron chi connectivity index (χ2n) is 2.85. The average molecular weight is 210 g/mol. The Kier molecular flexibility index (Phi) is 4.53. The summed E-state index contributed by atoms with van der Waals surface area (Å²) >= 11 is 1.74. The van der Waals surface area contributed by atoms with E-state index in [1.807, 2.05) is 31.4 Å². The third kappa shape index (κ3) is 3.07. The van der Waals surface area contributed by atoms with Crippen molar-refractivity contribution >= 4 is 17.7 Å². The largest absolute Gasteiger partial charge is 0.462 e. The van der Waals surface area contributed by atoms with Crippen LogP contribution < -0.4 is 0 Å². The van der Waals surface area contributed by atoms with Crippen LogP contribution >= 0.6 is 11.8 Å². The number of carbonyl (C=O) groups is 1. The van der Waals surface area contributed by atoms with E-state index in [0.717, 1.165) is 11.3 Å². The molecule has 0 saturated carbocycles. The zero-order valence-corrected chi connectivity index (χ0v) is 9.26. The Labute approximate surface area is 88.7 Å². The molecule has 1 rings (SSSR count). The van der Waals surface area contributed by atoms with Crippen LogP contribution in [0.15, 0.2) is 24.3 Å². The van der Waals surface area contributed by atoms with Crippen LogP contribution in [0, 0.1) is 0 Å². The molecule has 0 atom stereocenters. The molecule has 0 bridgehead atoms. The first-order valence-electron chi connectivity index (χ1n) is 4.53. The quantitative estimate of drug-likeness (QED) is 0.715. The Morgan fingerprint density at radius 2 is 2.29 bits per heavy atom. The van der Waals surface area contributed by atoms with Gasteiger partial charge in [0.1, 0.15) is 0 Å². The van der Waals surface area contributed by atoms with Crippen molar-refractivity contribution in [3.63, 3.8) is 0 Å². The molecule has 0 aliphatic rings. The Morgan fingerprint density at radius 3 is 2.93 bits per heavy atom. The van der Waals surface area contributed by atoms with Gasteiger partial charge in [-0.3, -0.25) is 0 Å². The third-order valence-corrected chi connectivity index (χ3v) is 2.37. The number of hydrogen-bond donors (Lipinski definition) is 0. The van der Waals surface area contributed by atoms with E-state index in [0.29, 0.717) is 12.2 Å². The molecule has 0 aromatic heterocycles. The highest BCUT2D eigenvalue weighted by molar-refractivity contribution is 7.97. The van der Waals surface area contributed by atoms with Crippen LogP contribution in [0.25, 0.3) is 0 Å². The number of ether oxygens (including phenoxy) is 1. The van der Waals surface area contributed by atoms with E-state index >= 15 is 0 Å². The minimum atomic E-state index is -0.240. The molecule has 3 heteroatoms. The van der Waals surface area contributed by atoms with Gasteiger partial charge in [-0.15, -0.1) is 0 Å². The molecule has 1 aromatic rings. The monoisotopic (exact) mass is 210 g/mol. The van der Waals surface area contributed by atoms with Crippen LogP contribution in [-0.4, -0.2) is 18.8 Å². The number of rotatable bonds is 4. The van der Waals surface area contributed by atoms with Crippen LogP contribution in [0.5, 0.6) is 0 Å². The van der Waals surface area contributed by atoms with Gasteiger partial charge in [-0.1, -0.05) is 12.1 Å². The summed E-state index contributed by atoms with van der Waals surface area (Å²) in [6.07, 6.45) is 2.04. The first kappa shape index (κ1) is 11.1. The summed E-state index contributed by atoms with van der Waals surface area (Å²) in [5.41, 5.74) is 1.79. The van der Waals surface area contributed by atoms with E-state index in [9.17, 15) is 4.79 Å². The molecule has 0 N–H and O–H groups in total. The predicted molar refractivity (Wildman–Crippen MR) is 59.6 cm³/mol. The van der Waals surface area contributed by atoms with Gasteiger partial charge in [0.15, 0.2) is 0 Å². The Morgan fingerprint density at radius 1 is 1.50 bits per heavy atom. The lowest BCUT2D eigenvalue weighted by molar-refractivity contribution is 0.0526. The maximum Gasteiger partial charge on any atom is 0.338 e. The van der Waals surface area contributed by atoms with Crippen molar-refractivity contribution in [2.75, 3.05) is 12.9 Å². The molecule has 0 aliphatic heterocycles. The normalized spacial score (nSPS) is 9.86. The summed E-state index contributed by atoms with van der Waals surface area (Å²) in [5.74, 6) is 0.684. The average Bonchev–Trinajstić information content (AvgIpc) is 2.19. The molecule has 0 aliphatic carbocycles. The fraction of sp³-hybridized carbons (Fsp3) is 0.364. The van der Waals surface area contributed by atoms with E-state index in [-0.39, 0.29) is 5.97 Å². The zero-order chi connectivity index (χ0) is 10.4. The third-order valence-electron chi connectivity index (χ3n) is 1.75.